The molecule has 15 heavy (non-hydrogen) atoms. The van der Waals surface area contributed by atoms with E-state index >= 15 is 0 Å². The third-order valence-electron chi connectivity index (χ3n) is 2.03. The second-order valence-electron chi connectivity index (χ2n) is 3.11. The number of hydrogen-bond acceptors (Lipinski definition) is 1. The SMILES string of the molecule is c1ccc2sccc2c1.c1ccccc1. The van der Waals surface area contributed by atoms with Crippen molar-refractivity contribution in [3.05, 3.63) is 72.1 Å². The highest BCUT2D eigenvalue weighted by atomic mass is 32.1. The van der Waals surface area contributed by atoms with Crippen LogP contribution in [-0.4, -0.2) is 0 Å². The zero-order chi connectivity index (χ0) is 10.3. The zero-order valence-corrected chi connectivity index (χ0v) is 9.15. The lowest BCUT2D eigenvalue weighted by atomic mass is 10.3. The van der Waals surface area contributed by atoms with E-state index in [-0.39, 0.29) is 0 Å². The fourth-order valence-corrected chi connectivity index (χ4v) is 2.08. The number of hydrogen-bond donors (Lipinski definition) is 0. The molecule has 3 rings (SSSR count). The minimum Gasteiger partial charge on any atom is -0.144 e. The molecule has 2 aromatic carbocycles. The third-order valence-corrected chi connectivity index (χ3v) is 2.93. The summed E-state index contributed by atoms with van der Waals surface area (Å²) in [6.07, 6.45) is 0. The molecule has 0 fully saturated rings. The second-order valence-corrected chi connectivity index (χ2v) is 4.06. The molecule has 0 aliphatic rings. The molecule has 0 amide bonds. The minimum atomic E-state index is 1.35. The Bertz CT molecular complexity index is 440. The lowest BCUT2D eigenvalue weighted by Gasteiger charge is -1.82. The van der Waals surface area contributed by atoms with Crippen LogP contribution in [0.1, 0.15) is 0 Å². The quantitative estimate of drug-likeness (QED) is 0.511. The maximum atomic E-state index is 2.14. The zero-order valence-electron chi connectivity index (χ0n) is 8.34. The van der Waals surface area contributed by atoms with Crippen molar-refractivity contribution in [1.29, 1.82) is 0 Å². The van der Waals surface area contributed by atoms with Gasteiger partial charge in [-0.3, -0.25) is 0 Å². The first-order valence-corrected chi connectivity index (χ1v) is 5.77. The van der Waals surface area contributed by atoms with E-state index in [0.29, 0.717) is 0 Å². The molecule has 1 aromatic heterocycles. The highest BCUT2D eigenvalue weighted by Crippen LogP contribution is 2.18. The molecule has 0 aliphatic carbocycles. The molecule has 0 nitrogen and oxygen atoms in total. The predicted octanol–water partition coefficient (Wildman–Crippen LogP) is 4.59. The fourth-order valence-electron chi connectivity index (χ4n) is 1.29. The summed E-state index contributed by atoms with van der Waals surface area (Å²) in [6, 6.07) is 22.5. The Morgan fingerprint density at radius 3 is 1.80 bits per heavy atom. The molecule has 74 valence electrons. The van der Waals surface area contributed by atoms with E-state index in [4.69, 9.17) is 0 Å². The highest BCUT2D eigenvalue weighted by molar-refractivity contribution is 7.17. The molecule has 0 N–H and O–H groups in total. The summed E-state index contributed by atoms with van der Waals surface area (Å²) in [5.41, 5.74) is 0. The summed E-state index contributed by atoms with van der Waals surface area (Å²) in [5, 5.41) is 3.47. The Hall–Kier alpha value is -1.60. The summed E-state index contributed by atoms with van der Waals surface area (Å²) in [6.45, 7) is 0. The van der Waals surface area contributed by atoms with Gasteiger partial charge in [-0.25, -0.2) is 0 Å². The monoisotopic (exact) mass is 212 g/mol. The van der Waals surface area contributed by atoms with Crippen LogP contribution in [-0.2, 0) is 0 Å². The maximum Gasteiger partial charge on any atom is 0.0342 e. The van der Waals surface area contributed by atoms with Crippen LogP contribution in [0.25, 0.3) is 10.1 Å². The summed E-state index contributed by atoms with van der Waals surface area (Å²) >= 11 is 1.79. The van der Waals surface area contributed by atoms with Crippen LogP contribution in [0.5, 0.6) is 0 Å². The lowest BCUT2D eigenvalue weighted by molar-refractivity contribution is 1.72. The van der Waals surface area contributed by atoms with Gasteiger partial charge in [-0.1, -0.05) is 54.6 Å². The van der Waals surface area contributed by atoms with Gasteiger partial charge in [0, 0.05) is 4.70 Å². The number of benzene rings is 2. The van der Waals surface area contributed by atoms with Crippen molar-refractivity contribution in [2.24, 2.45) is 0 Å². The Morgan fingerprint density at radius 1 is 0.600 bits per heavy atom. The first-order valence-electron chi connectivity index (χ1n) is 4.89. The van der Waals surface area contributed by atoms with Crippen molar-refractivity contribution in [1.82, 2.24) is 0 Å². The van der Waals surface area contributed by atoms with E-state index in [1.165, 1.54) is 10.1 Å². The van der Waals surface area contributed by atoms with Crippen molar-refractivity contribution in [3.63, 3.8) is 0 Å². The summed E-state index contributed by atoms with van der Waals surface area (Å²) in [4.78, 5) is 0. The van der Waals surface area contributed by atoms with Gasteiger partial charge in [0.05, 0.1) is 0 Å². The highest BCUT2D eigenvalue weighted by Gasteiger charge is 1.87. The van der Waals surface area contributed by atoms with Gasteiger partial charge in [0.2, 0.25) is 0 Å². The molecule has 0 unspecified atom stereocenters. The topological polar surface area (TPSA) is 0 Å². The van der Waals surface area contributed by atoms with Gasteiger partial charge in [0.15, 0.2) is 0 Å². The van der Waals surface area contributed by atoms with Gasteiger partial charge in [0.25, 0.3) is 0 Å². The van der Waals surface area contributed by atoms with Crippen molar-refractivity contribution in [2.75, 3.05) is 0 Å². The van der Waals surface area contributed by atoms with E-state index in [1.807, 2.05) is 36.4 Å². The normalized spacial score (nSPS) is 9.33. The van der Waals surface area contributed by atoms with Crippen LogP contribution in [0.2, 0.25) is 0 Å². The molecule has 0 saturated heterocycles. The molecule has 0 spiro atoms. The molecular formula is C14H12S. The van der Waals surface area contributed by atoms with E-state index < -0.39 is 0 Å². The van der Waals surface area contributed by atoms with Gasteiger partial charge in [-0.15, -0.1) is 11.3 Å². The smallest absolute Gasteiger partial charge is 0.0342 e. The largest absolute Gasteiger partial charge is 0.144 e. The number of thiophene rings is 1. The van der Waals surface area contributed by atoms with Crippen LogP contribution in [0, 0.1) is 0 Å². The molecule has 0 radical (unpaired) electrons. The summed E-state index contributed by atoms with van der Waals surface area (Å²) < 4.78 is 1.37. The van der Waals surface area contributed by atoms with Gasteiger partial charge < -0.3 is 0 Å². The molecular weight excluding hydrogens is 200 g/mol. The van der Waals surface area contributed by atoms with Gasteiger partial charge >= 0.3 is 0 Å². The predicted molar refractivity (Wildman–Crippen MR) is 68.3 cm³/mol. The molecule has 0 saturated carbocycles. The lowest BCUT2D eigenvalue weighted by Crippen LogP contribution is -1.56. The van der Waals surface area contributed by atoms with E-state index in [9.17, 15) is 0 Å². The van der Waals surface area contributed by atoms with E-state index in [2.05, 4.69) is 35.7 Å². The molecule has 1 heterocycles. The molecule has 3 aromatic rings. The molecule has 0 bridgehead atoms. The van der Waals surface area contributed by atoms with E-state index in [0.717, 1.165) is 0 Å². The van der Waals surface area contributed by atoms with Crippen LogP contribution in [0.4, 0.5) is 0 Å². The van der Waals surface area contributed by atoms with Crippen molar-refractivity contribution < 1.29 is 0 Å². The summed E-state index contributed by atoms with van der Waals surface area (Å²) in [5.74, 6) is 0. The average Bonchev–Trinajstić information content (AvgIpc) is 2.80. The Balaban J connectivity index is 0.000000124. The molecule has 0 aliphatic heterocycles. The average molecular weight is 212 g/mol. The number of fused-ring (bicyclic) bond motifs is 1. The molecule has 1 heteroatoms. The summed E-state index contributed by atoms with van der Waals surface area (Å²) in [7, 11) is 0. The minimum absolute atomic E-state index is 1.35. The van der Waals surface area contributed by atoms with Crippen LogP contribution in [0.3, 0.4) is 0 Å². The Morgan fingerprint density at radius 2 is 1.20 bits per heavy atom. The van der Waals surface area contributed by atoms with Gasteiger partial charge in [-0.05, 0) is 22.9 Å². The van der Waals surface area contributed by atoms with Crippen molar-refractivity contribution in [2.45, 2.75) is 0 Å². The first kappa shape index (κ1) is 9.94. The van der Waals surface area contributed by atoms with Crippen molar-refractivity contribution in [3.8, 4) is 0 Å². The van der Waals surface area contributed by atoms with Crippen molar-refractivity contribution >= 4 is 21.4 Å². The fraction of sp³-hybridized carbons (Fsp3) is 0. The second kappa shape index (κ2) is 5.32. The third kappa shape index (κ3) is 2.93. The van der Waals surface area contributed by atoms with E-state index in [1.54, 1.807) is 11.3 Å². The van der Waals surface area contributed by atoms with Gasteiger partial charge in [0.1, 0.15) is 0 Å². The number of rotatable bonds is 0. The Labute approximate surface area is 93.8 Å². The van der Waals surface area contributed by atoms with Gasteiger partial charge in [-0.2, -0.15) is 0 Å². The van der Waals surface area contributed by atoms with Crippen LogP contribution < -0.4 is 0 Å². The Kier molecular flexibility index (Phi) is 3.53. The van der Waals surface area contributed by atoms with Crippen LogP contribution in [0.15, 0.2) is 72.1 Å². The maximum absolute atomic E-state index is 2.14. The van der Waals surface area contributed by atoms with Crippen LogP contribution >= 0.6 is 11.3 Å². The standard InChI is InChI=1S/C8H6S.C6H6/c1-2-4-8-7(3-1)5-6-9-8;1-2-4-6-5-3-1/h1-6H;1-6H. The first-order chi connectivity index (χ1) is 7.47. The molecule has 0 atom stereocenters.